The number of urea groups is 1. The summed E-state index contributed by atoms with van der Waals surface area (Å²) >= 11 is 0. The van der Waals surface area contributed by atoms with Gasteiger partial charge in [-0.1, -0.05) is 25.7 Å². The van der Waals surface area contributed by atoms with Crippen LogP contribution in [0.5, 0.6) is 0 Å². The van der Waals surface area contributed by atoms with Crippen LogP contribution >= 0.6 is 0 Å². The van der Waals surface area contributed by atoms with E-state index >= 15 is 0 Å². The molecular weight excluding hydrogens is 322 g/mol. The van der Waals surface area contributed by atoms with Gasteiger partial charge in [-0.15, -0.1) is 0 Å². The van der Waals surface area contributed by atoms with E-state index in [1.807, 2.05) is 20.8 Å². The van der Waals surface area contributed by atoms with Crippen molar-refractivity contribution in [2.75, 3.05) is 11.9 Å². The lowest BCUT2D eigenvalue weighted by molar-refractivity contribution is 0.0442. The Bertz CT molecular complexity index is 557. The molecule has 140 valence electrons. The molecule has 3 amide bonds. The summed E-state index contributed by atoms with van der Waals surface area (Å²) < 4.78 is 5.41. The Morgan fingerprint density at radius 2 is 1.92 bits per heavy atom. The topological polar surface area (TPSA) is 108 Å². The third-order valence-corrected chi connectivity index (χ3v) is 4.17. The van der Waals surface area contributed by atoms with Crippen molar-refractivity contribution >= 4 is 17.8 Å². The number of nitrogens with zero attached hydrogens (tertiary/aromatic N) is 1. The van der Waals surface area contributed by atoms with E-state index in [0.29, 0.717) is 12.2 Å². The smallest absolute Gasteiger partial charge is 0.408 e. The van der Waals surface area contributed by atoms with Crippen molar-refractivity contribution in [2.24, 2.45) is 0 Å². The molecule has 0 bridgehead atoms. The minimum atomic E-state index is -0.553. The molecule has 2 rings (SSSR count). The van der Waals surface area contributed by atoms with E-state index < -0.39 is 17.2 Å². The molecule has 1 fully saturated rings. The van der Waals surface area contributed by atoms with Crippen molar-refractivity contribution in [1.82, 2.24) is 20.8 Å². The number of hydrogen-bond donors (Lipinski definition) is 4. The fourth-order valence-corrected chi connectivity index (χ4v) is 3.02. The van der Waals surface area contributed by atoms with Crippen LogP contribution in [0, 0.1) is 0 Å². The molecule has 4 N–H and O–H groups in total. The minimum absolute atomic E-state index is 0.323. The average Bonchev–Trinajstić information content (AvgIpc) is 2.89. The molecule has 1 aromatic heterocycles. The summed E-state index contributed by atoms with van der Waals surface area (Å²) in [6, 6.07) is -0.323. The van der Waals surface area contributed by atoms with Gasteiger partial charge in [0.1, 0.15) is 5.60 Å². The van der Waals surface area contributed by atoms with Crippen LogP contribution in [0.4, 0.5) is 15.3 Å². The van der Waals surface area contributed by atoms with Crippen LogP contribution in [0.15, 0.2) is 12.4 Å². The van der Waals surface area contributed by atoms with Crippen LogP contribution in [0.3, 0.4) is 0 Å². The molecule has 0 saturated heterocycles. The van der Waals surface area contributed by atoms with Crippen LogP contribution in [0.25, 0.3) is 0 Å². The number of ether oxygens (including phenoxy) is 1. The van der Waals surface area contributed by atoms with Crippen LogP contribution in [0.2, 0.25) is 0 Å². The second-order valence-electron chi connectivity index (χ2n) is 7.62. The van der Waals surface area contributed by atoms with E-state index in [4.69, 9.17) is 4.74 Å². The van der Waals surface area contributed by atoms with Gasteiger partial charge < -0.3 is 20.7 Å². The van der Waals surface area contributed by atoms with Gasteiger partial charge in [0.05, 0.1) is 17.4 Å². The molecule has 0 atom stereocenters. The van der Waals surface area contributed by atoms with E-state index in [2.05, 4.69) is 26.1 Å². The summed E-state index contributed by atoms with van der Waals surface area (Å²) in [4.78, 5) is 24.4. The molecule has 0 radical (unpaired) electrons. The van der Waals surface area contributed by atoms with Gasteiger partial charge >= 0.3 is 12.1 Å². The molecule has 8 heteroatoms. The number of hydrogen-bond acceptors (Lipinski definition) is 4. The van der Waals surface area contributed by atoms with Crippen molar-refractivity contribution in [1.29, 1.82) is 0 Å². The van der Waals surface area contributed by atoms with Crippen LogP contribution in [-0.2, 0) is 4.74 Å². The molecular formula is C17H29N5O3. The lowest BCUT2D eigenvalue weighted by atomic mass is 9.90. The lowest BCUT2D eigenvalue weighted by Gasteiger charge is -2.35. The summed E-state index contributed by atoms with van der Waals surface area (Å²) in [6.07, 6.45) is 8.63. The van der Waals surface area contributed by atoms with E-state index in [1.54, 1.807) is 6.20 Å². The van der Waals surface area contributed by atoms with E-state index in [9.17, 15) is 9.59 Å². The summed E-state index contributed by atoms with van der Waals surface area (Å²) in [5.41, 5.74) is -0.443. The molecule has 1 aromatic rings. The summed E-state index contributed by atoms with van der Waals surface area (Å²) in [5.74, 6) is 0. The zero-order valence-corrected chi connectivity index (χ0v) is 15.3. The molecule has 8 nitrogen and oxygen atoms in total. The Balaban J connectivity index is 1.96. The molecule has 25 heavy (non-hydrogen) atoms. The molecule has 0 aliphatic heterocycles. The quantitative estimate of drug-likeness (QED) is 0.625. The number of carbonyl (C=O) groups excluding carboxylic acids is 2. The number of nitrogens with one attached hydrogen (secondary N) is 4. The number of rotatable bonds is 4. The van der Waals surface area contributed by atoms with Gasteiger partial charge in [0.15, 0.2) is 0 Å². The zero-order valence-electron chi connectivity index (χ0n) is 15.3. The van der Waals surface area contributed by atoms with Crippen molar-refractivity contribution < 1.29 is 14.3 Å². The second-order valence-corrected chi connectivity index (χ2v) is 7.62. The molecule has 0 aromatic carbocycles. The summed E-state index contributed by atoms with van der Waals surface area (Å²) in [6.45, 7) is 5.87. The Labute approximate surface area is 148 Å². The van der Waals surface area contributed by atoms with Gasteiger partial charge in [0, 0.05) is 12.7 Å². The van der Waals surface area contributed by atoms with E-state index in [1.165, 1.54) is 6.20 Å². The zero-order chi connectivity index (χ0) is 18.3. The monoisotopic (exact) mass is 351 g/mol. The second kappa shape index (κ2) is 8.22. The van der Waals surface area contributed by atoms with Crippen molar-refractivity contribution in [3.05, 3.63) is 12.4 Å². The van der Waals surface area contributed by atoms with E-state index in [-0.39, 0.29) is 6.03 Å². The number of H-pyrrole nitrogens is 1. The molecule has 0 spiro atoms. The third kappa shape index (κ3) is 6.64. The van der Waals surface area contributed by atoms with Gasteiger partial charge in [-0.3, -0.25) is 5.10 Å². The predicted molar refractivity (Wildman–Crippen MR) is 95.4 cm³/mol. The van der Waals surface area contributed by atoms with Crippen LogP contribution in [-0.4, -0.2) is 40.0 Å². The minimum Gasteiger partial charge on any atom is -0.444 e. The van der Waals surface area contributed by atoms with Gasteiger partial charge in [0.25, 0.3) is 0 Å². The number of anilines is 1. The van der Waals surface area contributed by atoms with Crippen LogP contribution in [0.1, 0.15) is 59.3 Å². The number of amides is 3. The Kier molecular flexibility index (Phi) is 6.27. The number of aromatic nitrogens is 2. The normalized spacial score (nSPS) is 17.2. The first-order valence-electron chi connectivity index (χ1n) is 8.83. The first-order valence-corrected chi connectivity index (χ1v) is 8.83. The average molecular weight is 351 g/mol. The highest BCUT2D eigenvalue weighted by atomic mass is 16.6. The Morgan fingerprint density at radius 1 is 1.24 bits per heavy atom. The highest BCUT2D eigenvalue weighted by Crippen LogP contribution is 2.27. The predicted octanol–water partition coefficient (Wildman–Crippen LogP) is 3.15. The number of carbonyl (C=O) groups is 2. The highest BCUT2D eigenvalue weighted by molar-refractivity contribution is 5.88. The summed E-state index contributed by atoms with van der Waals surface area (Å²) in [7, 11) is 0. The maximum Gasteiger partial charge on any atom is 0.408 e. The maximum atomic E-state index is 12.3. The molecule has 1 aliphatic rings. The summed E-state index contributed by atoms with van der Waals surface area (Å²) in [5, 5.41) is 15.0. The number of aromatic amines is 1. The first kappa shape index (κ1) is 19.1. The van der Waals surface area contributed by atoms with Crippen LogP contribution < -0.4 is 16.0 Å². The standard InChI is InChI=1S/C17H29N5O3/c1-16(2,3)25-15(24)22-17(8-6-4-5-7-9-17)12-18-14(23)21-13-10-19-20-11-13/h10-11H,4-9,12H2,1-3H3,(H,19,20)(H,22,24)(H2,18,21,23). The van der Waals surface area contributed by atoms with Gasteiger partial charge in [0.2, 0.25) is 0 Å². The SMILES string of the molecule is CC(C)(C)OC(=O)NC1(CNC(=O)Nc2cn[nH]c2)CCCCCC1. The van der Waals surface area contributed by atoms with Gasteiger partial charge in [-0.05, 0) is 33.6 Å². The van der Waals surface area contributed by atoms with Crippen molar-refractivity contribution in [3.8, 4) is 0 Å². The fourth-order valence-electron chi connectivity index (χ4n) is 3.02. The van der Waals surface area contributed by atoms with Gasteiger partial charge in [-0.2, -0.15) is 5.10 Å². The molecule has 1 aliphatic carbocycles. The largest absolute Gasteiger partial charge is 0.444 e. The lowest BCUT2D eigenvalue weighted by Crippen LogP contribution is -2.56. The number of alkyl carbamates (subject to hydrolysis) is 1. The highest BCUT2D eigenvalue weighted by Gasteiger charge is 2.34. The van der Waals surface area contributed by atoms with Crippen molar-refractivity contribution in [3.63, 3.8) is 0 Å². The third-order valence-electron chi connectivity index (χ3n) is 4.17. The van der Waals surface area contributed by atoms with E-state index in [0.717, 1.165) is 38.5 Å². The molecule has 1 saturated carbocycles. The van der Waals surface area contributed by atoms with Crippen molar-refractivity contribution in [2.45, 2.75) is 70.4 Å². The van der Waals surface area contributed by atoms with Gasteiger partial charge in [-0.25, -0.2) is 9.59 Å². The Hall–Kier alpha value is -2.25. The molecule has 0 unspecified atom stereocenters. The first-order chi connectivity index (χ1) is 11.8. The fraction of sp³-hybridized carbons (Fsp3) is 0.706. The Morgan fingerprint density at radius 3 is 2.48 bits per heavy atom. The molecule has 1 heterocycles. The maximum absolute atomic E-state index is 12.3.